The molecule has 0 fully saturated rings. The third-order valence-electron chi connectivity index (χ3n) is 14.8. The molecule has 0 amide bonds. The van der Waals surface area contributed by atoms with Crippen molar-refractivity contribution in [3.05, 3.63) is 315 Å². The predicted molar refractivity (Wildman–Crippen MR) is 325 cm³/mol. The number of allylic oxidation sites excluding steroid dienone is 3. The lowest BCUT2D eigenvalue weighted by atomic mass is 9.93. The van der Waals surface area contributed by atoms with E-state index in [1.807, 2.05) is 0 Å². The Morgan fingerprint density at radius 3 is 1.20 bits per heavy atom. The Bertz CT molecular complexity index is 3950. The Morgan fingerprint density at radius 1 is 0.316 bits per heavy atom. The summed E-state index contributed by atoms with van der Waals surface area (Å²) in [7, 11) is 0. The van der Waals surface area contributed by atoms with Gasteiger partial charge in [0.2, 0.25) is 0 Å². The van der Waals surface area contributed by atoms with Gasteiger partial charge in [-0.15, -0.1) is 0 Å². The maximum Gasteiger partial charge on any atom is 0.0493 e. The Kier molecular flexibility index (Phi) is 12.2. The van der Waals surface area contributed by atoms with Crippen LogP contribution in [0.4, 0.5) is 39.8 Å². The van der Waals surface area contributed by atoms with Crippen LogP contribution in [0.3, 0.4) is 0 Å². The summed E-state index contributed by atoms with van der Waals surface area (Å²) in [5.74, 6) is 0. The summed E-state index contributed by atoms with van der Waals surface area (Å²) < 4.78 is 0. The number of nitrogens with zero attached hydrogens (tertiary/aromatic N) is 3. The van der Waals surface area contributed by atoms with Gasteiger partial charge in [0.25, 0.3) is 0 Å². The van der Waals surface area contributed by atoms with Crippen molar-refractivity contribution in [2.24, 2.45) is 0 Å². The highest BCUT2D eigenvalue weighted by Crippen LogP contribution is 2.44. The highest BCUT2D eigenvalue weighted by Gasteiger charge is 2.22. The molecule has 1 aliphatic heterocycles. The van der Waals surface area contributed by atoms with Gasteiger partial charge in [-0.1, -0.05) is 207 Å². The largest absolute Gasteiger partial charge is 0.337 e. The molecule has 360 valence electrons. The number of benzene rings is 12. The smallest absolute Gasteiger partial charge is 0.0493 e. The molecule has 1 aliphatic rings. The second kappa shape index (κ2) is 20.2. The molecule has 12 aromatic carbocycles. The predicted octanol–water partition coefficient (Wildman–Crippen LogP) is 20.1. The fraction of sp³-hybridized carbons (Fsp3) is 0.0137. The molecule has 0 unspecified atom stereocenters. The van der Waals surface area contributed by atoms with Crippen LogP contribution in [0, 0.1) is 0 Å². The van der Waals surface area contributed by atoms with Crippen molar-refractivity contribution in [2.75, 3.05) is 21.2 Å². The van der Waals surface area contributed by atoms with Crippen LogP contribution in [0.25, 0.3) is 71.3 Å². The van der Waals surface area contributed by atoms with Gasteiger partial charge in [0, 0.05) is 57.6 Å². The van der Waals surface area contributed by atoms with Crippen molar-refractivity contribution in [2.45, 2.75) is 0 Å². The van der Waals surface area contributed by atoms with E-state index in [9.17, 15) is 0 Å². The molecule has 0 atom stereocenters. The minimum Gasteiger partial charge on any atom is -0.337 e. The van der Waals surface area contributed by atoms with Crippen molar-refractivity contribution >= 4 is 77.7 Å². The zero-order valence-corrected chi connectivity index (χ0v) is 42.0. The SMILES string of the molecule is C=C1/C=C(N(c2ccc(-c3ccccc3)cc2)c2ccc(-c3ccccc3)cc2)\C=C/CN(c2ccc3c4ccccc4c4ccccc4c3c2)c2ccc(-c3ccc(N(c4ccccc4)c4ccccc4)cc3)cc21. The zero-order chi connectivity index (χ0) is 50.8. The van der Waals surface area contributed by atoms with E-state index in [4.69, 9.17) is 6.58 Å². The van der Waals surface area contributed by atoms with Crippen LogP contribution in [-0.2, 0) is 0 Å². The number of anilines is 7. The second-order valence-electron chi connectivity index (χ2n) is 19.4. The summed E-state index contributed by atoms with van der Waals surface area (Å²) in [6, 6.07) is 101. The van der Waals surface area contributed by atoms with Crippen molar-refractivity contribution < 1.29 is 0 Å². The fourth-order valence-electron chi connectivity index (χ4n) is 11.1. The quantitative estimate of drug-likeness (QED) is 0.126. The molecule has 0 radical (unpaired) electrons. The summed E-state index contributed by atoms with van der Waals surface area (Å²) in [6.45, 7) is 5.56. The van der Waals surface area contributed by atoms with Crippen LogP contribution in [0.5, 0.6) is 0 Å². The van der Waals surface area contributed by atoms with Gasteiger partial charge >= 0.3 is 0 Å². The van der Waals surface area contributed by atoms with Gasteiger partial charge in [-0.3, -0.25) is 0 Å². The van der Waals surface area contributed by atoms with Gasteiger partial charge in [-0.25, -0.2) is 0 Å². The number of fused-ring (bicyclic) bond motifs is 7. The third-order valence-corrected chi connectivity index (χ3v) is 14.8. The van der Waals surface area contributed by atoms with Crippen LogP contribution in [-0.4, -0.2) is 6.54 Å². The second-order valence-corrected chi connectivity index (χ2v) is 19.4. The lowest BCUT2D eigenvalue weighted by Gasteiger charge is -2.28. The minimum atomic E-state index is 0.616. The topological polar surface area (TPSA) is 9.72 Å². The average Bonchev–Trinajstić information content (AvgIpc) is 3.56. The summed E-state index contributed by atoms with van der Waals surface area (Å²) in [4.78, 5) is 7.12. The van der Waals surface area contributed by atoms with Crippen molar-refractivity contribution in [3.63, 3.8) is 0 Å². The first kappa shape index (κ1) is 45.9. The summed E-state index contributed by atoms with van der Waals surface area (Å²) >= 11 is 0. The highest BCUT2D eigenvalue weighted by atomic mass is 15.2. The number of hydrogen-bond donors (Lipinski definition) is 0. The van der Waals surface area contributed by atoms with E-state index < -0.39 is 0 Å². The Morgan fingerprint density at radius 2 is 0.697 bits per heavy atom. The maximum atomic E-state index is 4.95. The molecule has 12 aromatic rings. The molecule has 76 heavy (non-hydrogen) atoms. The first-order chi connectivity index (χ1) is 37.6. The van der Waals surface area contributed by atoms with Crippen LogP contribution in [0.2, 0.25) is 0 Å². The van der Waals surface area contributed by atoms with Gasteiger partial charge in [0.1, 0.15) is 0 Å². The van der Waals surface area contributed by atoms with Crippen molar-refractivity contribution in [1.29, 1.82) is 0 Å². The lowest BCUT2D eigenvalue weighted by molar-refractivity contribution is 1.09. The number of para-hydroxylation sites is 2. The average molecular weight is 972 g/mol. The van der Waals surface area contributed by atoms with Crippen molar-refractivity contribution in [1.82, 2.24) is 0 Å². The van der Waals surface area contributed by atoms with Gasteiger partial charge < -0.3 is 14.7 Å². The van der Waals surface area contributed by atoms with Gasteiger partial charge in [0.15, 0.2) is 0 Å². The monoisotopic (exact) mass is 971 g/mol. The maximum absolute atomic E-state index is 4.95. The molecule has 13 rings (SSSR count). The molecule has 0 aromatic heterocycles. The van der Waals surface area contributed by atoms with E-state index in [2.05, 4.69) is 312 Å². The molecule has 3 nitrogen and oxygen atoms in total. The van der Waals surface area contributed by atoms with Crippen LogP contribution < -0.4 is 14.7 Å². The summed E-state index contributed by atoms with van der Waals surface area (Å²) in [5, 5.41) is 7.51. The Labute approximate surface area is 445 Å². The Hall–Kier alpha value is -9.96. The van der Waals surface area contributed by atoms with E-state index in [1.54, 1.807) is 0 Å². The molecule has 0 bridgehead atoms. The molecule has 0 N–H and O–H groups in total. The molecule has 1 heterocycles. The molecule has 0 aliphatic carbocycles. The fourth-order valence-corrected chi connectivity index (χ4v) is 11.1. The summed E-state index contributed by atoms with van der Waals surface area (Å²) in [5.41, 5.74) is 17.5. The minimum absolute atomic E-state index is 0.616. The number of hydrogen-bond acceptors (Lipinski definition) is 3. The summed E-state index contributed by atoms with van der Waals surface area (Å²) in [6.07, 6.45) is 6.84. The molecule has 0 spiro atoms. The van der Waals surface area contributed by atoms with E-state index in [0.29, 0.717) is 6.54 Å². The van der Waals surface area contributed by atoms with Crippen LogP contribution in [0.1, 0.15) is 5.56 Å². The molecule has 0 saturated carbocycles. The van der Waals surface area contributed by atoms with E-state index in [-0.39, 0.29) is 0 Å². The number of rotatable bonds is 10. The van der Waals surface area contributed by atoms with Crippen molar-refractivity contribution in [3.8, 4) is 33.4 Å². The molecule has 3 heteroatoms. The van der Waals surface area contributed by atoms with Crippen LogP contribution >= 0.6 is 0 Å². The molecule has 0 saturated heterocycles. The van der Waals surface area contributed by atoms with Gasteiger partial charge in [-0.2, -0.15) is 0 Å². The zero-order valence-electron chi connectivity index (χ0n) is 42.0. The molecular weight excluding hydrogens is 919 g/mol. The van der Waals surface area contributed by atoms with Gasteiger partial charge in [-0.05, 0) is 168 Å². The van der Waals surface area contributed by atoms with E-state index in [0.717, 1.165) is 67.8 Å². The van der Waals surface area contributed by atoms with Crippen LogP contribution in [0.15, 0.2) is 310 Å². The normalized spacial score (nSPS) is 13.6. The first-order valence-electron chi connectivity index (χ1n) is 26.1. The Balaban J connectivity index is 0.956. The first-order valence-corrected chi connectivity index (χ1v) is 26.1. The lowest BCUT2D eigenvalue weighted by Crippen LogP contribution is -2.18. The highest BCUT2D eigenvalue weighted by molar-refractivity contribution is 6.25. The van der Waals surface area contributed by atoms with Gasteiger partial charge in [0.05, 0.1) is 0 Å². The third kappa shape index (κ3) is 8.80. The van der Waals surface area contributed by atoms with E-state index in [1.165, 1.54) is 54.6 Å². The standard InChI is InChI=1S/C73H53N3/c1-52-49-65(76(62-39-32-55(33-40-62)53-19-6-2-7-20-53)63-41-34-56(35-42-63)54-21-8-3-9-22-54)27-18-48-74(64-45-46-70-68-30-15-14-28-66(68)67-29-16-17-31-69(67)72(70)51-64)73-47-38-58(50-71(52)73)57-36-43-61(44-37-57)75(59-23-10-4-11-24-59)60-25-12-5-13-26-60/h2-47,49-51H,1,48H2/b27-18-,65-49+. The van der Waals surface area contributed by atoms with E-state index >= 15 is 0 Å². The molecular formula is C73H53N3.